The number of rotatable bonds is 4. The Morgan fingerprint density at radius 2 is 1.97 bits per heavy atom. The number of methoxy groups -OCH3 is 1. The molecule has 0 saturated carbocycles. The number of aryl methyl sites for hydroxylation is 1. The van der Waals surface area contributed by atoms with Crippen molar-refractivity contribution in [3.63, 3.8) is 0 Å². The zero-order valence-electron chi connectivity index (χ0n) is 16.1. The summed E-state index contributed by atoms with van der Waals surface area (Å²) in [6.45, 7) is 1.85. The maximum absolute atomic E-state index is 13.3. The van der Waals surface area contributed by atoms with E-state index in [0.29, 0.717) is 22.8 Å². The minimum atomic E-state index is -2.60. The number of aromatic nitrogens is 6. The minimum absolute atomic E-state index is 0.104. The Bertz CT molecular complexity index is 1390. The van der Waals surface area contributed by atoms with Gasteiger partial charge in [-0.05, 0) is 37.3 Å². The normalized spacial score (nSPS) is 11.6. The van der Waals surface area contributed by atoms with Crippen LogP contribution < -0.4 is 4.74 Å². The summed E-state index contributed by atoms with van der Waals surface area (Å²) in [6.07, 6.45) is 4.31. The summed E-state index contributed by atoms with van der Waals surface area (Å²) in [7, 11) is 1.50. The molecule has 0 radical (unpaired) electrons. The smallest absolute Gasteiger partial charge is 0.263 e. The van der Waals surface area contributed by atoms with Crippen LogP contribution in [0.3, 0.4) is 0 Å². The number of benzene rings is 1. The average Bonchev–Trinajstić information content (AvgIpc) is 3.34. The monoisotopic (exact) mass is 406 g/mol. The summed E-state index contributed by atoms with van der Waals surface area (Å²) in [6, 6.07) is 7.92. The van der Waals surface area contributed by atoms with Crippen LogP contribution in [-0.2, 0) is 0 Å². The van der Waals surface area contributed by atoms with Crippen molar-refractivity contribution in [2.24, 2.45) is 0 Å². The lowest BCUT2D eigenvalue weighted by Crippen LogP contribution is -2.02. The molecule has 30 heavy (non-hydrogen) atoms. The van der Waals surface area contributed by atoms with Gasteiger partial charge in [0, 0.05) is 29.5 Å². The molecule has 0 amide bonds. The van der Waals surface area contributed by atoms with Crippen LogP contribution in [0.4, 0.5) is 8.78 Å². The fourth-order valence-corrected chi connectivity index (χ4v) is 3.50. The van der Waals surface area contributed by atoms with Gasteiger partial charge in [-0.3, -0.25) is 4.98 Å². The van der Waals surface area contributed by atoms with Crippen molar-refractivity contribution < 1.29 is 13.5 Å². The minimum Gasteiger partial charge on any atom is -0.494 e. The molecule has 0 aliphatic carbocycles. The zero-order valence-corrected chi connectivity index (χ0v) is 16.1. The molecule has 0 aliphatic rings. The van der Waals surface area contributed by atoms with Crippen LogP contribution in [0.1, 0.15) is 17.7 Å². The summed E-state index contributed by atoms with van der Waals surface area (Å²) in [5.41, 5.74) is 3.86. The first-order valence-electron chi connectivity index (χ1n) is 9.17. The Kier molecular flexibility index (Phi) is 4.16. The number of hydrogen-bond donors (Lipinski definition) is 0. The summed E-state index contributed by atoms with van der Waals surface area (Å²) >= 11 is 0. The maximum atomic E-state index is 13.3. The standard InChI is InChI=1S/C21H16F2N6O/c1-12-14-10-25-16(15-11-26-28-7-3-6-24-21(15)28)9-17(14)29(27-12)18-8-13(20(22)23)4-5-19(18)30-2/h3-11,20H,1-2H3. The van der Waals surface area contributed by atoms with Gasteiger partial charge in [0.1, 0.15) is 11.4 Å². The summed E-state index contributed by atoms with van der Waals surface area (Å²) in [5.74, 6) is 0.444. The van der Waals surface area contributed by atoms with Gasteiger partial charge in [0.2, 0.25) is 0 Å². The Labute approximate surface area is 169 Å². The number of pyridine rings is 1. The Hall–Kier alpha value is -3.88. The number of hydrogen-bond acceptors (Lipinski definition) is 5. The Morgan fingerprint density at radius 1 is 1.10 bits per heavy atom. The molecule has 4 heterocycles. The van der Waals surface area contributed by atoms with Crippen LogP contribution in [0.15, 0.2) is 55.1 Å². The zero-order chi connectivity index (χ0) is 20.8. The highest BCUT2D eigenvalue weighted by Crippen LogP contribution is 2.33. The van der Waals surface area contributed by atoms with Gasteiger partial charge >= 0.3 is 0 Å². The summed E-state index contributed by atoms with van der Waals surface area (Å²) < 4.78 is 35.3. The first-order chi connectivity index (χ1) is 14.6. The van der Waals surface area contributed by atoms with Crippen molar-refractivity contribution in [3.05, 3.63) is 66.4 Å². The fraction of sp³-hybridized carbons (Fsp3) is 0.143. The molecule has 0 N–H and O–H groups in total. The average molecular weight is 406 g/mol. The van der Waals surface area contributed by atoms with Gasteiger partial charge in [-0.1, -0.05) is 0 Å². The molecule has 5 aromatic rings. The molecule has 0 bridgehead atoms. The molecule has 7 nitrogen and oxygen atoms in total. The molecule has 0 saturated heterocycles. The molecule has 0 aliphatic heterocycles. The van der Waals surface area contributed by atoms with Crippen molar-refractivity contribution in [3.8, 4) is 22.7 Å². The Morgan fingerprint density at radius 3 is 2.77 bits per heavy atom. The molecular formula is C21H16F2N6O. The highest BCUT2D eigenvalue weighted by molar-refractivity contribution is 5.88. The molecule has 150 valence electrons. The van der Waals surface area contributed by atoms with Gasteiger partial charge in [-0.15, -0.1) is 0 Å². The number of halogens is 2. The topological polar surface area (TPSA) is 70.1 Å². The van der Waals surface area contributed by atoms with E-state index in [4.69, 9.17) is 4.74 Å². The second kappa shape index (κ2) is 6.87. The van der Waals surface area contributed by atoms with E-state index in [9.17, 15) is 8.78 Å². The molecule has 0 atom stereocenters. The highest BCUT2D eigenvalue weighted by atomic mass is 19.3. The molecule has 0 spiro atoms. The predicted molar refractivity (Wildman–Crippen MR) is 107 cm³/mol. The van der Waals surface area contributed by atoms with Gasteiger partial charge in [0.25, 0.3) is 6.43 Å². The fourth-order valence-electron chi connectivity index (χ4n) is 3.50. The van der Waals surface area contributed by atoms with Gasteiger partial charge in [0.15, 0.2) is 5.65 Å². The molecule has 9 heteroatoms. The first kappa shape index (κ1) is 18.2. The third kappa shape index (κ3) is 2.78. The predicted octanol–water partition coefficient (Wildman–Crippen LogP) is 4.38. The quantitative estimate of drug-likeness (QED) is 0.443. The SMILES string of the molecule is COc1ccc(C(F)F)cc1-n1nc(C)c2cnc(-c3cnn4cccnc34)cc21. The van der Waals surface area contributed by atoms with Crippen LogP contribution in [0.2, 0.25) is 0 Å². The van der Waals surface area contributed by atoms with Crippen LogP contribution in [0, 0.1) is 6.92 Å². The molecule has 5 rings (SSSR count). The van der Waals surface area contributed by atoms with Crippen LogP contribution in [0.25, 0.3) is 33.5 Å². The molecular weight excluding hydrogens is 390 g/mol. The Balaban J connectivity index is 1.75. The van der Waals surface area contributed by atoms with E-state index < -0.39 is 6.43 Å². The largest absolute Gasteiger partial charge is 0.494 e. The van der Waals surface area contributed by atoms with Crippen LogP contribution in [0.5, 0.6) is 5.75 Å². The highest BCUT2D eigenvalue weighted by Gasteiger charge is 2.18. The van der Waals surface area contributed by atoms with E-state index in [1.165, 1.54) is 25.3 Å². The first-order valence-corrected chi connectivity index (χ1v) is 9.17. The van der Waals surface area contributed by atoms with E-state index in [2.05, 4.69) is 20.2 Å². The van der Waals surface area contributed by atoms with Crippen LogP contribution >= 0.6 is 0 Å². The van der Waals surface area contributed by atoms with Gasteiger partial charge < -0.3 is 4.74 Å². The van der Waals surface area contributed by atoms with Crippen molar-refractivity contribution >= 4 is 16.6 Å². The maximum Gasteiger partial charge on any atom is 0.263 e. The van der Waals surface area contributed by atoms with Crippen LogP contribution in [-0.4, -0.2) is 36.5 Å². The van der Waals surface area contributed by atoms with E-state index in [-0.39, 0.29) is 5.56 Å². The lowest BCUT2D eigenvalue weighted by atomic mass is 10.1. The van der Waals surface area contributed by atoms with Gasteiger partial charge in [-0.25, -0.2) is 23.0 Å². The summed E-state index contributed by atoms with van der Waals surface area (Å²) in [5, 5.41) is 9.69. The third-order valence-corrected chi connectivity index (χ3v) is 4.99. The van der Waals surface area contributed by atoms with Gasteiger partial charge in [-0.2, -0.15) is 10.2 Å². The number of fused-ring (bicyclic) bond motifs is 2. The molecule has 0 unspecified atom stereocenters. The van der Waals surface area contributed by atoms with Crippen molar-refractivity contribution in [1.82, 2.24) is 29.4 Å². The van der Waals surface area contributed by atoms with E-state index in [1.807, 2.05) is 13.0 Å². The van der Waals surface area contributed by atoms with Crippen molar-refractivity contribution in [1.29, 1.82) is 0 Å². The number of alkyl halides is 2. The lowest BCUT2D eigenvalue weighted by molar-refractivity contribution is 0.151. The van der Waals surface area contributed by atoms with E-state index >= 15 is 0 Å². The van der Waals surface area contributed by atoms with E-state index in [0.717, 1.165) is 22.2 Å². The third-order valence-electron chi connectivity index (χ3n) is 4.99. The van der Waals surface area contributed by atoms with Crippen molar-refractivity contribution in [2.45, 2.75) is 13.3 Å². The van der Waals surface area contributed by atoms with Crippen molar-refractivity contribution in [2.75, 3.05) is 7.11 Å². The summed E-state index contributed by atoms with van der Waals surface area (Å²) in [4.78, 5) is 8.93. The second-order valence-electron chi connectivity index (χ2n) is 6.76. The number of nitrogens with zero attached hydrogens (tertiary/aromatic N) is 6. The van der Waals surface area contributed by atoms with E-state index in [1.54, 1.807) is 40.1 Å². The number of ether oxygens (including phenoxy) is 1. The lowest BCUT2D eigenvalue weighted by Gasteiger charge is -2.12. The van der Waals surface area contributed by atoms with Gasteiger partial charge in [0.05, 0.1) is 35.8 Å². The molecule has 4 aromatic heterocycles. The second-order valence-corrected chi connectivity index (χ2v) is 6.76. The molecule has 0 fully saturated rings. The molecule has 1 aromatic carbocycles.